The van der Waals surface area contributed by atoms with Crippen LogP contribution in [-0.4, -0.2) is 109 Å². The van der Waals surface area contributed by atoms with Gasteiger partial charge >= 0.3 is 5.97 Å². The van der Waals surface area contributed by atoms with Crippen LogP contribution >= 0.6 is 81.2 Å². The lowest BCUT2D eigenvalue weighted by molar-refractivity contribution is -0.439. The van der Waals surface area contributed by atoms with E-state index in [1.165, 1.54) is 0 Å². The standard InChI is InChI=1S/C16H14ClN3O.C14H19Cl2NO2.C7H6ClN3O4S2.C2H3Cl3O2/c1-18-15-10-20(21)16(11-5-3-2-4-6-11)13-9-12(17)7-8-14(13)19-15;15-8-10-17(11-9-16)13-6-4-12(5-7-13)2-1-3-14(18)19;8-4-1-5-7(2-6(4)16(9,12)13)17(14,15)11-3-10-5;3-2(4,5)1(6)7/h2-9H,10H2,1H3,(H,18,19);4-7H,1-3,8-11H2,(H,18,19);1-3H,(H,10,11)(H2,9,12,13);1,6-7H. The smallest absolute Gasteiger partial charge is 0.303 e. The molecule has 4 aromatic rings. The van der Waals surface area contributed by atoms with Gasteiger partial charge in [-0.05, 0) is 73.0 Å². The van der Waals surface area contributed by atoms with E-state index in [0.717, 1.165) is 70.8 Å². The molecule has 0 saturated carbocycles. The molecular weight excluding hydrogens is 1020 g/mol. The summed E-state index contributed by atoms with van der Waals surface area (Å²) in [5, 5.41) is 45.5. The van der Waals surface area contributed by atoms with Gasteiger partial charge in [0, 0.05) is 54.6 Å². The van der Waals surface area contributed by atoms with Crippen LogP contribution in [0.1, 0.15) is 29.5 Å². The van der Waals surface area contributed by atoms with E-state index < -0.39 is 41.0 Å². The number of aliphatic carboxylic acids is 1. The molecule has 0 amide bonds. The number of carboxylic acid groups (broad SMARTS) is 1. The van der Waals surface area contributed by atoms with Crippen molar-refractivity contribution in [2.24, 2.45) is 15.1 Å². The maximum absolute atomic E-state index is 12.6. The number of sulfonamides is 2. The number of likely N-dealkylation sites (N-methyl/N-ethyl adjacent to an activating group) is 1. The Hall–Kier alpha value is -3.63. The number of aryl methyl sites for hydroxylation is 1. The Bertz CT molecular complexity index is 2520. The third-order valence-electron chi connectivity index (χ3n) is 8.53. The van der Waals surface area contributed by atoms with Gasteiger partial charge in [-0.15, -0.1) is 23.2 Å². The summed E-state index contributed by atoms with van der Waals surface area (Å²) in [6.07, 6.45) is 0.744. The van der Waals surface area contributed by atoms with Gasteiger partial charge in [-0.1, -0.05) is 88.3 Å². The molecule has 0 unspecified atom stereocenters. The van der Waals surface area contributed by atoms with E-state index in [2.05, 4.69) is 20.2 Å². The van der Waals surface area contributed by atoms with Gasteiger partial charge in [0.15, 0.2) is 12.1 Å². The summed E-state index contributed by atoms with van der Waals surface area (Å²) >= 11 is 38.0. The lowest BCUT2D eigenvalue weighted by Crippen LogP contribution is -2.29. The number of nitrogens with two attached hydrogens (primary N) is 1. The first-order valence-corrected chi connectivity index (χ1v) is 24.4. The van der Waals surface area contributed by atoms with Crippen molar-refractivity contribution in [1.29, 1.82) is 0 Å². The van der Waals surface area contributed by atoms with Gasteiger partial charge in [-0.3, -0.25) is 9.52 Å². The number of aliphatic imine (C=N–C) groups is 2. The minimum absolute atomic E-state index is 0.0566. The largest absolute Gasteiger partial charge is 0.623 e. The third kappa shape index (κ3) is 17.0. The molecular formula is C39H42Cl7N7O9S2. The second kappa shape index (κ2) is 25.3. The number of aliphatic hydroxyl groups excluding tert-OH is 1. The Morgan fingerprint density at radius 3 is 2.12 bits per heavy atom. The number of primary sulfonamides is 1. The minimum Gasteiger partial charge on any atom is -0.623 e. The Morgan fingerprint density at radius 2 is 1.59 bits per heavy atom. The second-order valence-corrected chi connectivity index (χ2v) is 20.3. The fourth-order valence-corrected chi connectivity index (χ4v) is 8.26. The normalized spacial score (nSPS) is 13.8. The lowest BCUT2D eigenvalue weighted by atomic mass is 10.0. The molecule has 348 valence electrons. The van der Waals surface area contributed by atoms with Crippen LogP contribution in [-0.2, 0) is 31.3 Å². The van der Waals surface area contributed by atoms with Gasteiger partial charge in [0.05, 0.1) is 22.0 Å². The van der Waals surface area contributed by atoms with Crippen molar-refractivity contribution in [1.82, 2.24) is 10.0 Å². The van der Waals surface area contributed by atoms with Crippen molar-refractivity contribution < 1.29 is 41.7 Å². The number of fused-ring (bicyclic) bond motifs is 2. The summed E-state index contributed by atoms with van der Waals surface area (Å²) in [4.78, 5) is 20.1. The number of nitrogens with zero attached hydrogens (tertiary/aromatic N) is 4. The minimum atomic E-state index is -4.09. The predicted molar refractivity (Wildman–Crippen MR) is 256 cm³/mol. The van der Waals surface area contributed by atoms with E-state index in [1.54, 1.807) is 19.2 Å². The molecule has 0 radical (unpaired) electrons. The summed E-state index contributed by atoms with van der Waals surface area (Å²) in [5.74, 6) is 1.01. The molecule has 4 aromatic carbocycles. The number of hydrogen-bond acceptors (Lipinski definition) is 12. The van der Waals surface area contributed by atoms with Gasteiger partial charge in [-0.2, -0.15) is 4.74 Å². The number of anilines is 1. The molecule has 64 heavy (non-hydrogen) atoms. The quantitative estimate of drug-likeness (QED) is 0.0389. The summed E-state index contributed by atoms with van der Waals surface area (Å²) in [5.41, 5.74) is 5.23. The number of alkyl halides is 5. The lowest BCUT2D eigenvalue weighted by Gasteiger charge is -2.23. The molecule has 0 aromatic heterocycles. The molecule has 16 nitrogen and oxygen atoms in total. The number of rotatable bonds is 11. The molecule has 6 rings (SSSR count). The highest BCUT2D eigenvalue weighted by molar-refractivity contribution is 7.90. The number of carbonyl (C=O) groups is 1. The SMILES string of the molecule is CNC1=Nc2ccc(Cl)cc2C(c2ccccc2)=[N+]([O-])C1.NS(=O)(=O)c1cc2c(cc1Cl)N=CNS2(=O)=O.O=C(O)CCCc1ccc(N(CCCl)CCCl)cc1.OC(O)C(Cl)(Cl)Cl. The van der Waals surface area contributed by atoms with Crippen LogP contribution in [0.15, 0.2) is 105 Å². The highest BCUT2D eigenvalue weighted by atomic mass is 35.6. The highest BCUT2D eigenvalue weighted by Gasteiger charge is 2.29. The number of halogens is 7. The van der Waals surface area contributed by atoms with Crippen LogP contribution in [0, 0.1) is 5.21 Å². The Labute approximate surface area is 405 Å². The molecule has 0 saturated heterocycles. The Kier molecular flexibility index (Phi) is 21.6. The van der Waals surface area contributed by atoms with Crippen LogP contribution < -0.4 is 20.1 Å². The predicted octanol–water partition coefficient (Wildman–Crippen LogP) is 6.94. The second-order valence-electron chi connectivity index (χ2n) is 13.1. The Balaban J connectivity index is 0.000000238. The van der Waals surface area contributed by atoms with E-state index in [-0.39, 0.29) is 28.6 Å². The third-order valence-corrected chi connectivity index (χ3v) is 12.4. The first-order chi connectivity index (χ1) is 30.0. The van der Waals surface area contributed by atoms with E-state index in [1.807, 2.05) is 65.4 Å². The first kappa shape index (κ1) is 54.7. The molecule has 7 N–H and O–H groups in total. The zero-order valence-corrected chi connectivity index (χ0v) is 40.4. The summed E-state index contributed by atoms with van der Waals surface area (Å²) in [6, 6.07) is 25.1. The summed E-state index contributed by atoms with van der Waals surface area (Å²) < 4.78 is 46.5. The monoisotopic (exact) mass is 1060 g/mol. The van der Waals surface area contributed by atoms with E-state index >= 15 is 0 Å². The molecule has 2 heterocycles. The van der Waals surface area contributed by atoms with Gasteiger partial charge in [0.25, 0.3) is 10.0 Å². The molecule has 0 atom stereocenters. The van der Waals surface area contributed by atoms with Crippen LogP contribution in [0.3, 0.4) is 0 Å². The topological polar surface area (TPSA) is 250 Å². The maximum atomic E-state index is 12.6. The number of benzene rings is 4. The number of carboxylic acids is 1. The summed E-state index contributed by atoms with van der Waals surface area (Å²) in [7, 11) is -6.15. The van der Waals surface area contributed by atoms with Gasteiger partial charge < -0.3 is 30.7 Å². The molecule has 25 heteroatoms. The van der Waals surface area contributed by atoms with E-state index in [9.17, 15) is 26.8 Å². The molecule has 2 aliphatic heterocycles. The average molecular weight is 1070 g/mol. The van der Waals surface area contributed by atoms with Crippen molar-refractivity contribution >= 4 is 142 Å². The fraction of sp³-hybridized carbons (Fsp3) is 0.282. The molecule has 2 aliphatic rings. The van der Waals surface area contributed by atoms with Crippen LogP contribution in [0.4, 0.5) is 17.1 Å². The van der Waals surface area contributed by atoms with Crippen molar-refractivity contribution in [3.05, 3.63) is 117 Å². The van der Waals surface area contributed by atoms with E-state index in [0.29, 0.717) is 34.8 Å². The zero-order chi connectivity index (χ0) is 47.8. The van der Waals surface area contributed by atoms with Crippen molar-refractivity contribution in [2.45, 2.75) is 39.1 Å². The molecule has 0 aliphatic carbocycles. The van der Waals surface area contributed by atoms with E-state index in [4.69, 9.17) is 102 Å². The van der Waals surface area contributed by atoms with Crippen LogP contribution in [0.25, 0.3) is 0 Å². The molecule has 0 fully saturated rings. The van der Waals surface area contributed by atoms with Gasteiger partial charge in [-0.25, -0.2) is 32.0 Å². The first-order valence-electron chi connectivity index (χ1n) is 18.5. The average Bonchev–Trinajstić information content (AvgIpc) is 3.35. The summed E-state index contributed by atoms with van der Waals surface area (Å²) in [6.45, 7) is 1.71. The number of nitrogens with one attached hydrogen (secondary N) is 2. The Morgan fingerprint density at radius 1 is 0.984 bits per heavy atom. The molecule has 0 bridgehead atoms. The molecule has 0 spiro atoms. The fourth-order valence-electron chi connectivity index (χ4n) is 5.53. The van der Waals surface area contributed by atoms with Crippen molar-refractivity contribution in [3.8, 4) is 0 Å². The number of aliphatic hydroxyl groups is 2. The zero-order valence-electron chi connectivity index (χ0n) is 33.5. The van der Waals surface area contributed by atoms with Gasteiger partial charge in [0.2, 0.25) is 26.1 Å². The van der Waals surface area contributed by atoms with Gasteiger partial charge in [0.1, 0.15) is 16.1 Å². The number of hydrogen-bond donors (Lipinski definition) is 6. The van der Waals surface area contributed by atoms with Crippen LogP contribution in [0.2, 0.25) is 10.0 Å². The van der Waals surface area contributed by atoms with Crippen molar-refractivity contribution in [2.75, 3.05) is 43.3 Å². The maximum Gasteiger partial charge on any atom is 0.303 e. The number of hydroxylamine groups is 1. The highest BCUT2D eigenvalue weighted by Crippen LogP contribution is 2.34. The van der Waals surface area contributed by atoms with Crippen molar-refractivity contribution in [3.63, 3.8) is 0 Å². The van der Waals surface area contributed by atoms with Crippen LogP contribution in [0.5, 0.6) is 0 Å². The number of amidine groups is 1.